The first-order valence-corrected chi connectivity index (χ1v) is 13.7. The predicted molar refractivity (Wildman–Crippen MR) is 165 cm³/mol. The van der Waals surface area contributed by atoms with E-state index in [-0.39, 0.29) is 25.5 Å². The van der Waals surface area contributed by atoms with Crippen LogP contribution in [-0.2, 0) is 30.9 Å². The third-order valence-corrected chi connectivity index (χ3v) is 7.36. The molecule has 0 aliphatic carbocycles. The van der Waals surface area contributed by atoms with Crippen LogP contribution in [0, 0.1) is 18.2 Å². The summed E-state index contributed by atoms with van der Waals surface area (Å²) in [5.74, 6) is 0. The fraction of sp³-hybridized carbons (Fsp3) is 0.132. The zero-order chi connectivity index (χ0) is 28.5. The van der Waals surface area contributed by atoms with Crippen molar-refractivity contribution in [3.63, 3.8) is 0 Å². The molecule has 6 aromatic rings. The van der Waals surface area contributed by atoms with Crippen molar-refractivity contribution >= 4 is 0 Å². The third kappa shape index (κ3) is 6.79. The van der Waals surface area contributed by atoms with Crippen LogP contribution in [0.4, 0.5) is 0 Å². The second-order valence-corrected chi connectivity index (χ2v) is 10.4. The van der Waals surface area contributed by atoms with Crippen molar-refractivity contribution in [3.8, 4) is 11.3 Å². The number of nitrogens with zero attached hydrogens (tertiary/aromatic N) is 3. The molecular formula is C38H32IrN3. The molecule has 0 saturated carbocycles. The van der Waals surface area contributed by atoms with Gasteiger partial charge in [-0.2, -0.15) is 66.2 Å². The van der Waals surface area contributed by atoms with Gasteiger partial charge in [0.2, 0.25) is 0 Å². The quantitative estimate of drug-likeness (QED) is 0.163. The van der Waals surface area contributed by atoms with Gasteiger partial charge in [0.25, 0.3) is 0 Å². The largest absolute Gasteiger partial charge is 3.00 e. The summed E-state index contributed by atoms with van der Waals surface area (Å²) in [6.45, 7) is 6.56. The van der Waals surface area contributed by atoms with Crippen LogP contribution >= 0.6 is 0 Å². The van der Waals surface area contributed by atoms with Crippen LogP contribution in [0.1, 0.15) is 49.0 Å². The van der Waals surface area contributed by atoms with Gasteiger partial charge in [-0.15, -0.1) is 41.5 Å². The smallest absolute Gasteiger partial charge is 0.305 e. The van der Waals surface area contributed by atoms with E-state index in [4.69, 9.17) is 4.98 Å². The van der Waals surface area contributed by atoms with Crippen LogP contribution in [0.2, 0.25) is 0 Å². The van der Waals surface area contributed by atoms with Crippen LogP contribution in [0.3, 0.4) is 0 Å². The van der Waals surface area contributed by atoms with Crippen LogP contribution in [0.25, 0.3) is 11.3 Å². The van der Waals surface area contributed by atoms with Crippen molar-refractivity contribution in [1.82, 2.24) is 15.0 Å². The van der Waals surface area contributed by atoms with E-state index < -0.39 is 5.41 Å². The Balaban J connectivity index is 0.000000261. The second kappa shape index (κ2) is 14.1. The summed E-state index contributed by atoms with van der Waals surface area (Å²) in [7, 11) is 0. The molecule has 0 aliphatic heterocycles. The van der Waals surface area contributed by atoms with Crippen molar-refractivity contribution < 1.29 is 20.1 Å². The predicted octanol–water partition coefficient (Wildman–Crippen LogP) is 8.30. The van der Waals surface area contributed by atoms with Crippen LogP contribution < -0.4 is 0 Å². The molecule has 3 nitrogen and oxygen atoms in total. The van der Waals surface area contributed by atoms with Crippen molar-refractivity contribution in [1.29, 1.82) is 0 Å². The summed E-state index contributed by atoms with van der Waals surface area (Å²) in [6.07, 6.45) is 3.62. The van der Waals surface area contributed by atoms with Gasteiger partial charge in [0.1, 0.15) is 0 Å². The molecular weight excluding hydrogens is 691 g/mol. The standard InChI is InChI=1S/C27H24N2.C11H8N.Ir/c1-26(2,21-13-6-4-7-14-21)23-18-12-19-25(29-23)27(3,22-15-8-5-9-16-22)24-17-10-11-20-28-24;1-2-6-10(7-3-1)11-8-4-5-9-12-11;/h4-13,15,17-20H,1-3H3;1-6,8-9H;/q-2;-1;+3. The van der Waals surface area contributed by atoms with Gasteiger partial charge in [-0.25, -0.2) is 0 Å². The van der Waals surface area contributed by atoms with Gasteiger partial charge in [0.05, 0.1) is 16.8 Å². The van der Waals surface area contributed by atoms with E-state index in [1.54, 1.807) is 6.20 Å². The number of rotatable bonds is 6. The molecule has 0 saturated heterocycles. The van der Waals surface area contributed by atoms with Gasteiger partial charge in [0.15, 0.2) is 0 Å². The van der Waals surface area contributed by atoms with Crippen molar-refractivity contribution in [3.05, 3.63) is 186 Å². The molecule has 0 radical (unpaired) electrons. The van der Waals surface area contributed by atoms with Crippen LogP contribution in [-0.4, -0.2) is 15.0 Å². The number of hydrogen-bond donors (Lipinski definition) is 0. The molecule has 4 heteroatoms. The van der Waals surface area contributed by atoms with Gasteiger partial charge >= 0.3 is 20.1 Å². The molecule has 0 N–H and O–H groups in total. The maximum Gasteiger partial charge on any atom is 3.00 e. The number of pyridine rings is 3. The Morgan fingerprint density at radius 1 is 0.500 bits per heavy atom. The Morgan fingerprint density at radius 3 is 1.64 bits per heavy atom. The molecule has 0 aliphatic rings. The van der Waals surface area contributed by atoms with Gasteiger partial charge in [-0.1, -0.05) is 38.1 Å². The van der Waals surface area contributed by atoms with E-state index in [1.165, 1.54) is 0 Å². The van der Waals surface area contributed by atoms with Gasteiger partial charge in [0, 0.05) is 23.5 Å². The summed E-state index contributed by atoms with van der Waals surface area (Å²) in [5, 5.41) is 0. The Morgan fingerprint density at radius 2 is 1.07 bits per heavy atom. The molecule has 6 rings (SSSR count). The van der Waals surface area contributed by atoms with Gasteiger partial charge in [-0.05, 0) is 42.9 Å². The summed E-state index contributed by atoms with van der Waals surface area (Å²) in [4.78, 5) is 14.1. The van der Waals surface area contributed by atoms with E-state index in [1.807, 2.05) is 97.2 Å². The molecule has 1 unspecified atom stereocenters. The number of hydrogen-bond acceptors (Lipinski definition) is 3. The molecule has 0 amide bonds. The van der Waals surface area contributed by atoms with Crippen molar-refractivity contribution in [2.75, 3.05) is 0 Å². The Kier molecular flexibility index (Phi) is 10.3. The fourth-order valence-electron chi connectivity index (χ4n) is 4.83. The molecule has 0 spiro atoms. The first-order valence-electron chi connectivity index (χ1n) is 13.7. The topological polar surface area (TPSA) is 38.7 Å². The molecule has 0 bridgehead atoms. The van der Waals surface area contributed by atoms with Gasteiger partial charge < -0.3 is 4.98 Å². The minimum Gasteiger partial charge on any atom is -0.305 e. The average Bonchev–Trinajstić information content (AvgIpc) is 3.07. The normalized spacial score (nSPS) is 12.2. The van der Waals surface area contributed by atoms with E-state index in [9.17, 15) is 0 Å². The minimum atomic E-state index is -0.505. The van der Waals surface area contributed by atoms with Crippen LogP contribution in [0.15, 0.2) is 140 Å². The zero-order valence-electron chi connectivity index (χ0n) is 24.0. The maximum absolute atomic E-state index is 5.17. The Labute approximate surface area is 263 Å². The molecule has 1 atom stereocenters. The Bertz CT molecular complexity index is 1560. The minimum absolute atomic E-state index is 0. The third-order valence-electron chi connectivity index (χ3n) is 7.36. The molecule has 0 fully saturated rings. The first-order chi connectivity index (χ1) is 20.0. The molecule has 3 aromatic heterocycles. The number of aromatic nitrogens is 3. The SMILES string of the molecule is CC(C)(c1[c-]cccc1)c1cccc(C(C)(c2[c-]cccc2)c2ccccn2)n1.[Ir+3].[c-]1ccccc1-c1ccccn1. The summed E-state index contributed by atoms with van der Waals surface area (Å²) in [6, 6.07) is 52.1. The second-order valence-electron chi connectivity index (χ2n) is 10.4. The summed E-state index contributed by atoms with van der Waals surface area (Å²) >= 11 is 0. The number of benzene rings is 3. The fourth-order valence-corrected chi connectivity index (χ4v) is 4.83. The summed E-state index contributed by atoms with van der Waals surface area (Å²) < 4.78 is 0. The zero-order valence-corrected chi connectivity index (χ0v) is 26.3. The van der Waals surface area contributed by atoms with Crippen molar-refractivity contribution in [2.24, 2.45) is 0 Å². The van der Waals surface area contributed by atoms with Crippen LogP contribution in [0.5, 0.6) is 0 Å². The monoisotopic (exact) mass is 723 g/mol. The van der Waals surface area contributed by atoms with Crippen molar-refractivity contribution in [2.45, 2.75) is 31.6 Å². The average molecular weight is 723 g/mol. The Hall–Kier alpha value is -4.24. The van der Waals surface area contributed by atoms with E-state index >= 15 is 0 Å². The summed E-state index contributed by atoms with van der Waals surface area (Å²) in [5.41, 5.74) is 6.34. The first kappa shape index (κ1) is 30.7. The van der Waals surface area contributed by atoms with E-state index in [0.717, 1.165) is 39.5 Å². The molecule has 42 heavy (non-hydrogen) atoms. The van der Waals surface area contributed by atoms with E-state index in [0.29, 0.717) is 0 Å². The van der Waals surface area contributed by atoms with Gasteiger partial charge in [-0.3, -0.25) is 9.97 Å². The van der Waals surface area contributed by atoms with E-state index in [2.05, 4.69) is 85.3 Å². The maximum atomic E-state index is 5.17. The molecule has 3 aromatic carbocycles. The molecule has 208 valence electrons. The molecule has 3 heterocycles.